The summed E-state index contributed by atoms with van der Waals surface area (Å²) in [5.74, 6) is 0.678. The number of hydrogen-bond donors (Lipinski definition) is 0. The molecule has 1 heterocycles. The van der Waals surface area contributed by atoms with Gasteiger partial charge in [-0.1, -0.05) is 19.3 Å². The molecule has 4 heteroatoms. The molecule has 0 spiro atoms. The number of Topliss-reactive ketones (excluding diaryl/α,β-unsaturated/α-hetero) is 1. The molecule has 2 rings (SSSR count). The molecule has 0 saturated heterocycles. The fraction of sp³-hybridized carbons (Fsp3) is 0.667. The molecule has 1 unspecified atom stereocenters. The molecule has 106 valence electrons. The summed E-state index contributed by atoms with van der Waals surface area (Å²) in [6.07, 6.45) is 6.37. The first-order valence-electron chi connectivity index (χ1n) is 7.08. The van der Waals surface area contributed by atoms with Crippen molar-refractivity contribution >= 4 is 33.0 Å². The van der Waals surface area contributed by atoms with Gasteiger partial charge in [-0.3, -0.25) is 4.79 Å². The van der Waals surface area contributed by atoms with Gasteiger partial charge in [0.2, 0.25) is 0 Å². The van der Waals surface area contributed by atoms with Crippen LogP contribution in [-0.4, -0.2) is 18.5 Å². The second kappa shape index (κ2) is 7.55. The van der Waals surface area contributed by atoms with E-state index >= 15 is 0 Å². The number of rotatable bonds is 6. The largest absolute Gasteiger partial charge is 0.370 e. The fourth-order valence-corrected chi connectivity index (χ4v) is 4.32. The minimum Gasteiger partial charge on any atom is -0.370 e. The molecule has 1 fully saturated rings. The lowest BCUT2D eigenvalue weighted by molar-refractivity contribution is -0.134. The van der Waals surface area contributed by atoms with Crippen LogP contribution in [0.5, 0.6) is 0 Å². The molecule has 1 aromatic rings. The zero-order valence-electron chi connectivity index (χ0n) is 11.4. The summed E-state index contributed by atoms with van der Waals surface area (Å²) >= 11 is 5.13. The van der Waals surface area contributed by atoms with E-state index in [4.69, 9.17) is 4.74 Å². The zero-order valence-corrected chi connectivity index (χ0v) is 13.8. The lowest BCUT2D eigenvalue weighted by Crippen LogP contribution is -2.35. The van der Waals surface area contributed by atoms with E-state index in [1.54, 1.807) is 11.3 Å². The minimum absolute atomic E-state index is 0.195. The third-order valence-electron chi connectivity index (χ3n) is 3.77. The van der Waals surface area contributed by atoms with Crippen LogP contribution in [0, 0.1) is 5.92 Å². The predicted molar refractivity (Wildman–Crippen MR) is 82.7 cm³/mol. The second-order valence-electron chi connectivity index (χ2n) is 5.11. The van der Waals surface area contributed by atoms with Crippen molar-refractivity contribution in [3.05, 3.63) is 20.8 Å². The van der Waals surface area contributed by atoms with Gasteiger partial charge < -0.3 is 4.74 Å². The van der Waals surface area contributed by atoms with Crippen molar-refractivity contribution in [2.24, 2.45) is 5.92 Å². The minimum atomic E-state index is -0.195. The Morgan fingerprint density at radius 1 is 1.47 bits per heavy atom. The van der Waals surface area contributed by atoms with Crippen molar-refractivity contribution in [1.82, 2.24) is 0 Å². The van der Waals surface area contributed by atoms with Gasteiger partial charge >= 0.3 is 0 Å². The number of hydrogen-bond acceptors (Lipinski definition) is 3. The van der Waals surface area contributed by atoms with Gasteiger partial charge in [-0.25, -0.2) is 0 Å². The van der Waals surface area contributed by atoms with Crippen LogP contribution in [0.25, 0.3) is 0 Å². The van der Waals surface area contributed by atoms with Crippen LogP contribution in [0.1, 0.15) is 43.9 Å². The summed E-state index contributed by atoms with van der Waals surface area (Å²) in [4.78, 5) is 13.6. The first-order valence-corrected chi connectivity index (χ1v) is 8.75. The van der Waals surface area contributed by atoms with Crippen molar-refractivity contribution in [2.75, 3.05) is 6.61 Å². The molecule has 1 aromatic heterocycles. The van der Waals surface area contributed by atoms with E-state index in [2.05, 4.69) is 15.9 Å². The Bertz CT molecular complexity index is 410. The maximum Gasteiger partial charge on any atom is 0.167 e. The highest BCUT2D eigenvalue weighted by Crippen LogP contribution is 2.30. The summed E-state index contributed by atoms with van der Waals surface area (Å²) in [5, 5.41) is 2.02. The van der Waals surface area contributed by atoms with Crippen LogP contribution in [0.4, 0.5) is 0 Å². The molecule has 1 atom stereocenters. The van der Waals surface area contributed by atoms with E-state index < -0.39 is 0 Å². The lowest BCUT2D eigenvalue weighted by Gasteiger charge is -2.29. The maximum absolute atomic E-state index is 12.5. The van der Waals surface area contributed by atoms with Crippen LogP contribution in [0.3, 0.4) is 0 Å². The van der Waals surface area contributed by atoms with Gasteiger partial charge in [-0.05, 0) is 53.1 Å². The van der Waals surface area contributed by atoms with E-state index in [0.29, 0.717) is 18.9 Å². The van der Waals surface area contributed by atoms with E-state index in [1.165, 1.54) is 19.3 Å². The molecule has 2 nitrogen and oxygen atoms in total. The van der Waals surface area contributed by atoms with Crippen molar-refractivity contribution in [3.8, 4) is 0 Å². The smallest absolute Gasteiger partial charge is 0.167 e. The summed E-state index contributed by atoms with van der Waals surface area (Å²) in [5.41, 5.74) is 0. The van der Waals surface area contributed by atoms with Crippen LogP contribution in [0.2, 0.25) is 0 Å². The van der Waals surface area contributed by atoms with Gasteiger partial charge in [-0.2, -0.15) is 0 Å². The quantitative estimate of drug-likeness (QED) is 0.753. The van der Waals surface area contributed by atoms with Crippen molar-refractivity contribution < 1.29 is 9.53 Å². The van der Waals surface area contributed by atoms with E-state index in [-0.39, 0.29) is 11.9 Å². The third-order valence-corrected chi connectivity index (χ3v) is 5.69. The number of thiophene rings is 1. The highest BCUT2D eigenvalue weighted by molar-refractivity contribution is 9.10. The normalized spacial score (nSPS) is 18.4. The number of ketones is 1. The summed E-state index contributed by atoms with van der Waals surface area (Å²) < 4.78 is 6.82. The summed E-state index contributed by atoms with van der Waals surface area (Å²) in [7, 11) is 0. The average molecular weight is 345 g/mol. The second-order valence-corrected chi connectivity index (χ2v) is 6.96. The topological polar surface area (TPSA) is 26.3 Å². The van der Waals surface area contributed by atoms with Gasteiger partial charge in [0.25, 0.3) is 0 Å². The monoisotopic (exact) mass is 344 g/mol. The van der Waals surface area contributed by atoms with Gasteiger partial charge in [0, 0.05) is 22.4 Å². The molecular weight excluding hydrogens is 324 g/mol. The Balaban J connectivity index is 2.01. The van der Waals surface area contributed by atoms with Crippen molar-refractivity contribution in [3.63, 3.8) is 0 Å². The SMILES string of the molecule is CCOC(C(=O)Cc1sccc1Br)C1CCCCC1. The standard InChI is InChI=1S/C15H21BrO2S/c1-2-18-15(11-6-4-3-5-7-11)13(17)10-14-12(16)8-9-19-14/h8-9,11,15H,2-7,10H2,1H3. The van der Waals surface area contributed by atoms with Crippen LogP contribution < -0.4 is 0 Å². The van der Waals surface area contributed by atoms with Gasteiger partial charge in [0.05, 0.1) is 0 Å². The number of ether oxygens (including phenoxy) is 1. The lowest BCUT2D eigenvalue weighted by atomic mass is 9.83. The molecule has 0 bridgehead atoms. The van der Waals surface area contributed by atoms with Crippen molar-refractivity contribution in [1.29, 1.82) is 0 Å². The van der Waals surface area contributed by atoms with Gasteiger partial charge in [0.15, 0.2) is 5.78 Å². The first kappa shape index (κ1) is 15.2. The molecule has 0 aromatic carbocycles. The highest BCUT2D eigenvalue weighted by Gasteiger charge is 2.30. The summed E-state index contributed by atoms with van der Waals surface area (Å²) in [6, 6.07) is 2.00. The van der Waals surface area contributed by atoms with Crippen LogP contribution in [0.15, 0.2) is 15.9 Å². The number of halogens is 1. The maximum atomic E-state index is 12.5. The molecular formula is C15H21BrO2S. The van der Waals surface area contributed by atoms with Gasteiger partial charge in [0.1, 0.15) is 6.10 Å². The Morgan fingerprint density at radius 2 is 2.21 bits per heavy atom. The molecule has 0 amide bonds. The fourth-order valence-electron chi connectivity index (χ4n) is 2.82. The van der Waals surface area contributed by atoms with E-state index in [9.17, 15) is 4.79 Å². The van der Waals surface area contributed by atoms with Gasteiger partial charge in [-0.15, -0.1) is 11.3 Å². The van der Waals surface area contributed by atoms with Crippen LogP contribution in [-0.2, 0) is 16.0 Å². The van der Waals surface area contributed by atoms with Crippen LogP contribution >= 0.6 is 27.3 Å². The number of carbonyl (C=O) groups is 1. The molecule has 0 N–H and O–H groups in total. The van der Waals surface area contributed by atoms with Crippen molar-refractivity contribution in [2.45, 2.75) is 51.6 Å². The molecule has 1 aliphatic carbocycles. The zero-order chi connectivity index (χ0) is 13.7. The molecule has 0 aliphatic heterocycles. The van der Waals surface area contributed by atoms with E-state index in [0.717, 1.165) is 22.2 Å². The molecule has 0 radical (unpaired) electrons. The Hall–Kier alpha value is -0.190. The Labute approximate surface area is 127 Å². The Morgan fingerprint density at radius 3 is 2.79 bits per heavy atom. The summed E-state index contributed by atoms with van der Waals surface area (Å²) in [6.45, 7) is 2.60. The third kappa shape index (κ3) is 4.14. The number of carbonyl (C=O) groups excluding carboxylic acids is 1. The first-order chi connectivity index (χ1) is 9.22. The predicted octanol–water partition coefficient (Wildman–Crippen LogP) is 4.61. The molecule has 1 saturated carbocycles. The molecule has 1 aliphatic rings. The molecule has 19 heavy (non-hydrogen) atoms. The van der Waals surface area contributed by atoms with E-state index in [1.807, 2.05) is 18.4 Å². The highest BCUT2D eigenvalue weighted by atomic mass is 79.9. The Kier molecular flexibility index (Phi) is 6.05. The average Bonchev–Trinajstić information content (AvgIpc) is 2.82.